The average molecular weight is 364 g/mol. The minimum Gasteiger partial charge on any atom is -0.334 e. The number of hydrogen-bond donors (Lipinski definition) is 1. The van der Waals surface area contributed by atoms with Crippen molar-refractivity contribution in [2.24, 2.45) is 0 Å². The lowest BCUT2D eigenvalue weighted by Crippen LogP contribution is -2.26. The van der Waals surface area contributed by atoms with Crippen LogP contribution in [-0.4, -0.2) is 20.6 Å². The molecule has 0 unspecified atom stereocenters. The van der Waals surface area contributed by atoms with Crippen molar-refractivity contribution in [1.82, 2.24) is 14.7 Å². The molecule has 4 rings (SSSR count). The maximum absolute atomic E-state index is 12.4. The fourth-order valence-electron chi connectivity index (χ4n) is 3.04. The molecule has 1 saturated carbocycles. The van der Waals surface area contributed by atoms with Crippen LogP contribution >= 0.6 is 0 Å². The van der Waals surface area contributed by atoms with Gasteiger partial charge < -0.3 is 14.4 Å². The largest absolute Gasteiger partial charge is 0.334 e. The summed E-state index contributed by atoms with van der Waals surface area (Å²) in [5, 5.41) is 6.82. The van der Waals surface area contributed by atoms with Gasteiger partial charge in [0.15, 0.2) is 5.82 Å². The summed E-state index contributed by atoms with van der Waals surface area (Å²) in [7, 11) is 0. The van der Waals surface area contributed by atoms with Gasteiger partial charge in [0.2, 0.25) is 5.91 Å². The van der Waals surface area contributed by atoms with Crippen molar-refractivity contribution in [3.63, 3.8) is 0 Å². The zero-order chi connectivity index (χ0) is 19.0. The number of aromatic nitrogens is 3. The number of carbonyl (C=O) groups excluding carboxylic acids is 1. The molecule has 0 aliphatic heterocycles. The van der Waals surface area contributed by atoms with E-state index >= 15 is 0 Å². The first-order valence-electron chi connectivity index (χ1n) is 8.90. The number of carbonyl (C=O) groups is 1. The maximum atomic E-state index is 12.4. The number of pyridine rings is 1. The third kappa shape index (κ3) is 3.97. The number of rotatable bonds is 5. The predicted molar refractivity (Wildman–Crippen MR) is 101 cm³/mol. The van der Waals surface area contributed by atoms with Gasteiger partial charge in [-0.1, -0.05) is 11.2 Å². The first kappa shape index (κ1) is 17.2. The van der Waals surface area contributed by atoms with Gasteiger partial charge in [0.1, 0.15) is 6.54 Å². The Kier molecular flexibility index (Phi) is 4.35. The molecule has 7 heteroatoms. The monoisotopic (exact) mass is 364 g/mol. The van der Waals surface area contributed by atoms with E-state index in [2.05, 4.69) is 15.5 Å². The SMILES string of the molecule is Cc1cc(C)cc(NC(=O)Cn2cc(-c3nc(C4CC4)no3)ccc2=O)c1. The summed E-state index contributed by atoms with van der Waals surface area (Å²) >= 11 is 0. The first-order valence-corrected chi connectivity index (χ1v) is 8.90. The predicted octanol–water partition coefficient (Wildman–Crippen LogP) is 3.03. The topological polar surface area (TPSA) is 90.0 Å². The second-order valence-electron chi connectivity index (χ2n) is 7.04. The number of nitrogens with one attached hydrogen (secondary N) is 1. The highest BCUT2D eigenvalue weighted by molar-refractivity contribution is 5.90. The standard InChI is InChI=1S/C20H20N4O3/c1-12-7-13(2)9-16(8-12)21-17(25)11-24-10-15(5-6-18(24)26)20-22-19(23-27-20)14-3-4-14/h5-10,14H,3-4,11H2,1-2H3,(H,21,25). The van der Waals surface area contributed by atoms with E-state index in [1.807, 2.05) is 32.0 Å². The molecule has 1 aliphatic rings. The van der Waals surface area contributed by atoms with E-state index in [0.29, 0.717) is 28.9 Å². The van der Waals surface area contributed by atoms with Gasteiger partial charge in [-0.2, -0.15) is 4.98 Å². The summed E-state index contributed by atoms with van der Waals surface area (Å²) in [6, 6.07) is 8.85. The van der Waals surface area contributed by atoms with E-state index in [1.54, 1.807) is 12.3 Å². The molecule has 27 heavy (non-hydrogen) atoms. The molecule has 2 heterocycles. The van der Waals surface area contributed by atoms with E-state index in [0.717, 1.165) is 24.0 Å². The number of anilines is 1. The van der Waals surface area contributed by atoms with Crippen molar-refractivity contribution in [2.45, 2.75) is 39.2 Å². The molecule has 1 N–H and O–H groups in total. The molecule has 1 aliphatic carbocycles. The molecule has 1 aromatic carbocycles. The third-order valence-corrected chi connectivity index (χ3v) is 4.43. The van der Waals surface area contributed by atoms with E-state index in [1.165, 1.54) is 10.6 Å². The van der Waals surface area contributed by atoms with Gasteiger partial charge in [0, 0.05) is 23.9 Å². The van der Waals surface area contributed by atoms with Crippen LogP contribution in [-0.2, 0) is 11.3 Å². The van der Waals surface area contributed by atoms with Crippen molar-refractivity contribution in [3.8, 4) is 11.5 Å². The van der Waals surface area contributed by atoms with Crippen LogP contribution in [0, 0.1) is 13.8 Å². The minimum atomic E-state index is -0.275. The number of benzene rings is 1. The maximum Gasteiger partial charge on any atom is 0.259 e. The number of aryl methyl sites for hydroxylation is 2. The molecule has 0 atom stereocenters. The smallest absolute Gasteiger partial charge is 0.259 e. The number of amides is 1. The highest BCUT2D eigenvalue weighted by Crippen LogP contribution is 2.38. The van der Waals surface area contributed by atoms with Crippen LogP contribution < -0.4 is 10.9 Å². The Balaban J connectivity index is 1.52. The minimum absolute atomic E-state index is 0.0940. The molecule has 7 nitrogen and oxygen atoms in total. The number of nitrogens with zero attached hydrogens (tertiary/aromatic N) is 3. The Bertz CT molecular complexity index is 1040. The van der Waals surface area contributed by atoms with Crippen LogP contribution in [0.25, 0.3) is 11.5 Å². The average Bonchev–Trinajstić information content (AvgIpc) is 3.33. The Morgan fingerprint density at radius 3 is 2.67 bits per heavy atom. The molecule has 0 saturated heterocycles. The summed E-state index contributed by atoms with van der Waals surface area (Å²) in [6.45, 7) is 3.84. The quantitative estimate of drug-likeness (QED) is 0.751. The summed E-state index contributed by atoms with van der Waals surface area (Å²) in [6.07, 6.45) is 3.74. The molecule has 0 spiro atoms. The van der Waals surface area contributed by atoms with E-state index in [-0.39, 0.29) is 18.0 Å². The molecule has 3 aromatic rings. The molecular formula is C20H20N4O3. The zero-order valence-corrected chi connectivity index (χ0v) is 15.2. The fourth-order valence-corrected chi connectivity index (χ4v) is 3.04. The van der Waals surface area contributed by atoms with Crippen molar-refractivity contribution < 1.29 is 9.32 Å². The van der Waals surface area contributed by atoms with Crippen molar-refractivity contribution >= 4 is 11.6 Å². The second-order valence-corrected chi connectivity index (χ2v) is 7.04. The van der Waals surface area contributed by atoms with Crippen LogP contribution in [0.5, 0.6) is 0 Å². The van der Waals surface area contributed by atoms with Crippen LogP contribution in [0.3, 0.4) is 0 Å². The normalized spacial score (nSPS) is 13.6. The highest BCUT2D eigenvalue weighted by Gasteiger charge is 2.29. The fraction of sp³-hybridized carbons (Fsp3) is 0.300. The Hall–Kier alpha value is -3.22. The summed E-state index contributed by atoms with van der Waals surface area (Å²) < 4.78 is 6.64. The van der Waals surface area contributed by atoms with E-state index in [9.17, 15) is 9.59 Å². The zero-order valence-electron chi connectivity index (χ0n) is 15.2. The Labute approximate surface area is 156 Å². The Morgan fingerprint density at radius 2 is 1.96 bits per heavy atom. The summed E-state index contributed by atoms with van der Waals surface area (Å²) in [5.74, 6) is 1.18. The van der Waals surface area contributed by atoms with E-state index < -0.39 is 0 Å². The van der Waals surface area contributed by atoms with Crippen molar-refractivity contribution in [1.29, 1.82) is 0 Å². The third-order valence-electron chi connectivity index (χ3n) is 4.43. The molecule has 138 valence electrons. The molecule has 0 bridgehead atoms. The molecular weight excluding hydrogens is 344 g/mol. The van der Waals surface area contributed by atoms with Crippen molar-refractivity contribution in [3.05, 3.63) is 63.8 Å². The van der Waals surface area contributed by atoms with Crippen LogP contribution in [0.15, 0.2) is 45.8 Å². The van der Waals surface area contributed by atoms with Crippen molar-refractivity contribution in [2.75, 3.05) is 5.32 Å². The van der Waals surface area contributed by atoms with Crippen LogP contribution in [0.2, 0.25) is 0 Å². The molecule has 2 aromatic heterocycles. The van der Waals surface area contributed by atoms with Gasteiger partial charge in [0.05, 0.1) is 5.56 Å². The lowest BCUT2D eigenvalue weighted by Gasteiger charge is -2.09. The summed E-state index contributed by atoms with van der Waals surface area (Å²) in [5.41, 5.74) is 3.19. The molecule has 1 fully saturated rings. The number of hydrogen-bond acceptors (Lipinski definition) is 5. The molecule has 0 radical (unpaired) electrons. The highest BCUT2D eigenvalue weighted by atomic mass is 16.5. The molecule has 1 amide bonds. The van der Waals surface area contributed by atoms with Gasteiger partial charge in [0.25, 0.3) is 11.4 Å². The Morgan fingerprint density at radius 1 is 1.22 bits per heavy atom. The second kappa shape index (κ2) is 6.83. The lowest BCUT2D eigenvalue weighted by atomic mass is 10.1. The van der Waals surface area contributed by atoms with Gasteiger partial charge >= 0.3 is 0 Å². The lowest BCUT2D eigenvalue weighted by molar-refractivity contribution is -0.116. The van der Waals surface area contributed by atoms with Gasteiger partial charge in [-0.25, -0.2) is 0 Å². The van der Waals surface area contributed by atoms with E-state index in [4.69, 9.17) is 4.52 Å². The van der Waals surface area contributed by atoms with Gasteiger partial charge in [-0.05, 0) is 56.0 Å². The first-order chi connectivity index (χ1) is 13.0. The van der Waals surface area contributed by atoms with Gasteiger partial charge in [-0.15, -0.1) is 0 Å². The van der Waals surface area contributed by atoms with Gasteiger partial charge in [-0.3, -0.25) is 9.59 Å². The van der Waals surface area contributed by atoms with Crippen LogP contribution in [0.4, 0.5) is 5.69 Å². The summed E-state index contributed by atoms with van der Waals surface area (Å²) in [4.78, 5) is 28.9. The van der Waals surface area contributed by atoms with Crippen LogP contribution in [0.1, 0.15) is 35.7 Å².